The van der Waals surface area contributed by atoms with Gasteiger partial charge < -0.3 is 5.11 Å². The number of benzene rings is 1. The average molecular weight is 226 g/mol. The highest BCUT2D eigenvalue weighted by Crippen LogP contribution is 2.30. The first-order valence-electron chi connectivity index (χ1n) is 5.64. The summed E-state index contributed by atoms with van der Waals surface area (Å²) in [5, 5.41) is 9.11. The van der Waals surface area contributed by atoms with Gasteiger partial charge in [0.1, 0.15) is 5.75 Å². The number of aromatic hydroxyl groups is 1. The van der Waals surface area contributed by atoms with Gasteiger partial charge >= 0.3 is 0 Å². The van der Waals surface area contributed by atoms with Crippen molar-refractivity contribution in [3.8, 4) is 5.75 Å². The quantitative estimate of drug-likeness (QED) is 0.758. The summed E-state index contributed by atoms with van der Waals surface area (Å²) in [6.07, 6.45) is 1.16. The van der Waals surface area contributed by atoms with E-state index in [1.54, 1.807) is 12.1 Å². The molecular formula is C13H23OP. The van der Waals surface area contributed by atoms with Crippen LogP contribution in [0.15, 0.2) is 24.3 Å². The molecule has 0 aromatic heterocycles. The average Bonchev–Trinajstić information content (AvgIpc) is 2.20. The molecule has 0 amide bonds. The zero-order valence-corrected chi connectivity index (χ0v) is 11.4. The molecule has 2 unspecified atom stereocenters. The van der Waals surface area contributed by atoms with E-state index in [0.717, 1.165) is 6.42 Å². The lowest BCUT2D eigenvalue weighted by Crippen LogP contribution is -1.95. The van der Waals surface area contributed by atoms with Crippen LogP contribution in [0.3, 0.4) is 0 Å². The van der Waals surface area contributed by atoms with Crippen molar-refractivity contribution in [3.05, 3.63) is 29.8 Å². The van der Waals surface area contributed by atoms with Gasteiger partial charge in [-0.1, -0.05) is 39.8 Å². The molecule has 1 aromatic carbocycles. The zero-order valence-electron chi connectivity index (χ0n) is 10.2. The predicted octanol–water partition coefficient (Wildman–Crippen LogP) is 4.38. The molecule has 2 atom stereocenters. The van der Waals surface area contributed by atoms with Gasteiger partial charge in [-0.15, -0.1) is 9.24 Å². The fourth-order valence-electron chi connectivity index (χ4n) is 1.37. The minimum absolute atomic E-state index is 0.338. The fourth-order valence-corrected chi connectivity index (χ4v) is 2.13. The largest absolute Gasteiger partial charge is 0.508 e. The first kappa shape index (κ1) is 14.5. The first-order valence-corrected chi connectivity index (χ1v) is 6.30. The molecule has 0 saturated heterocycles. The maximum atomic E-state index is 9.11. The van der Waals surface area contributed by atoms with Crippen LogP contribution >= 0.6 is 9.24 Å². The molecule has 0 bridgehead atoms. The van der Waals surface area contributed by atoms with E-state index < -0.39 is 0 Å². The van der Waals surface area contributed by atoms with E-state index in [9.17, 15) is 0 Å². The molecule has 1 nitrogen and oxygen atoms in total. The topological polar surface area (TPSA) is 20.2 Å². The van der Waals surface area contributed by atoms with Crippen LogP contribution in [0, 0.1) is 5.92 Å². The molecule has 86 valence electrons. The van der Waals surface area contributed by atoms with Crippen LogP contribution in [-0.4, -0.2) is 5.11 Å². The van der Waals surface area contributed by atoms with Crippen molar-refractivity contribution in [2.45, 2.75) is 39.8 Å². The molecule has 1 rings (SSSR count). The predicted molar refractivity (Wildman–Crippen MR) is 71.4 cm³/mol. The number of rotatable bonds is 3. The summed E-state index contributed by atoms with van der Waals surface area (Å²) in [7, 11) is 2.85. The van der Waals surface area contributed by atoms with Crippen molar-refractivity contribution >= 4 is 9.24 Å². The van der Waals surface area contributed by atoms with Crippen molar-refractivity contribution in [1.29, 1.82) is 0 Å². The van der Waals surface area contributed by atoms with Gasteiger partial charge in [-0.3, -0.25) is 0 Å². The molecule has 1 aromatic rings. The Labute approximate surface area is 96.1 Å². The summed E-state index contributed by atoms with van der Waals surface area (Å²) in [4.78, 5) is 0. The van der Waals surface area contributed by atoms with Gasteiger partial charge in [0.05, 0.1) is 0 Å². The zero-order chi connectivity index (χ0) is 11.8. The van der Waals surface area contributed by atoms with Crippen LogP contribution in [-0.2, 0) is 0 Å². The molecule has 0 spiro atoms. The third-order valence-corrected chi connectivity index (χ3v) is 2.70. The summed E-state index contributed by atoms with van der Waals surface area (Å²) in [5.41, 5.74) is 1.78. The lowest BCUT2D eigenvalue weighted by molar-refractivity contribution is 0.475. The normalized spacial score (nSPS) is 11.9. The lowest BCUT2D eigenvalue weighted by Gasteiger charge is -2.13. The monoisotopic (exact) mass is 226 g/mol. The SMILES string of the molecule is CC.CC(C)CC(P)c1ccc(O)cc1. The Hall–Kier alpha value is -0.550. The molecule has 0 saturated carbocycles. The van der Waals surface area contributed by atoms with Crippen molar-refractivity contribution < 1.29 is 5.11 Å². The summed E-state index contributed by atoms with van der Waals surface area (Å²) >= 11 is 0. The van der Waals surface area contributed by atoms with Gasteiger partial charge in [-0.25, -0.2) is 0 Å². The van der Waals surface area contributed by atoms with Crippen molar-refractivity contribution in [2.24, 2.45) is 5.92 Å². The van der Waals surface area contributed by atoms with E-state index in [4.69, 9.17) is 5.11 Å². The molecule has 0 fully saturated rings. The summed E-state index contributed by atoms with van der Waals surface area (Å²) < 4.78 is 0. The third kappa shape index (κ3) is 5.79. The van der Waals surface area contributed by atoms with Gasteiger partial charge in [0.15, 0.2) is 0 Å². The number of phenolic OH excluding ortho intramolecular Hbond substituents is 1. The fraction of sp³-hybridized carbons (Fsp3) is 0.538. The van der Waals surface area contributed by atoms with Crippen molar-refractivity contribution in [2.75, 3.05) is 0 Å². The first-order chi connectivity index (χ1) is 7.09. The van der Waals surface area contributed by atoms with E-state index >= 15 is 0 Å². The minimum atomic E-state index is 0.338. The third-order valence-electron chi connectivity index (χ3n) is 2.05. The van der Waals surface area contributed by atoms with E-state index in [1.807, 2.05) is 26.0 Å². The van der Waals surface area contributed by atoms with Crippen LogP contribution in [0.1, 0.15) is 45.3 Å². The van der Waals surface area contributed by atoms with Crippen LogP contribution in [0.2, 0.25) is 0 Å². The smallest absolute Gasteiger partial charge is 0.115 e. The van der Waals surface area contributed by atoms with Crippen molar-refractivity contribution in [1.82, 2.24) is 0 Å². The highest BCUT2D eigenvalue weighted by Gasteiger charge is 2.07. The van der Waals surface area contributed by atoms with Crippen LogP contribution in [0.4, 0.5) is 0 Å². The molecule has 1 N–H and O–H groups in total. The second kappa shape index (κ2) is 7.70. The van der Waals surface area contributed by atoms with Crippen LogP contribution < -0.4 is 0 Å². The van der Waals surface area contributed by atoms with E-state index in [1.165, 1.54) is 5.56 Å². The number of hydrogen-bond acceptors (Lipinski definition) is 1. The molecule has 0 aliphatic rings. The second-order valence-electron chi connectivity index (χ2n) is 3.83. The second-order valence-corrected chi connectivity index (χ2v) is 4.63. The Balaban J connectivity index is 0.000000921. The highest BCUT2D eigenvalue weighted by atomic mass is 31.0. The summed E-state index contributed by atoms with van der Waals surface area (Å²) in [6.45, 7) is 8.44. The maximum Gasteiger partial charge on any atom is 0.115 e. The Kier molecular flexibility index (Phi) is 7.42. The Bertz CT molecular complexity index is 254. The highest BCUT2D eigenvalue weighted by molar-refractivity contribution is 7.17. The van der Waals surface area contributed by atoms with E-state index in [-0.39, 0.29) is 0 Å². The lowest BCUT2D eigenvalue weighted by atomic mass is 10.0. The van der Waals surface area contributed by atoms with E-state index in [2.05, 4.69) is 23.1 Å². The van der Waals surface area contributed by atoms with Gasteiger partial charge in [-0.05, 0) is 35.7 Å². The van der Waals surface area contributed by atoms with Gasteiger partial charge in [0.25, 0.3) is 0 Å². The molecule has 0 aliphatic carbocycles. The molecule has 0 aliphatic heterocycles. The van der Waals surface area contributed by atoms with E-state index in [0.29, 0.717) is 17.3 Å². The molecule has 15 heavy (non-hydrogen) atoms. The van der Waals surface area contributed by atoms with Crippen LogP contribution in [0.5, 0.6) is 5.75 Å². The van der Waals surface area contributed by atoms with Gasteiger partial charge in [-0.2, -0.15) is 0 Å². The minimum Gasteiger partial charge on any atom is -0.508 e. The molecular weight excluding hydrogens is 203 g/mol. The standard InChI is InChI=1S/C11H17OP.C2H6/c1-8(2)7-11(13)9-3-5-10(12)6-4-9;1-2/h3-6,8,11-12H,7,13H2,1-2H3;1-2H3. The summed E-state index contributed by atoms with van der Waals surface area (Å²) in [5.74, 6) is 1.04. The number of hydrogen-bond donors (Lipinski definition) is 1. The Morgan fingerprint density at radius 2 is 1.60 bits per heavy atom. The maximum absolute atomic E-state index is 9.11. The molecule has 2 heteroatoms. The Morgan fingerprint density at radius 3 is 2.00 bits per heavy atom. The Morgan fingerprint density at radius 1 is 1.13 bits per heavy atom. The van der Waals surface area contributed by atoms with Gasteiger partial charge in [0, 0.05) is 0 Å². The molecule has 0 radical (unpaired) electrons. The summed E-state index contributed by atoms with van der Waals surface area (Å²) in [6, 6.07) is 7.45. The van der Waals surface area contributed by atoms with Gasteiger partial charge in [0.2, 0.25) is 0 Å². The molecule has 0 heterocycles. The number of phenols is 1. The van der Waals surface area contributed by atoms with Crippen molar-refractivity contribution in [3.63, 3.8) is 0 Å². The van der Waals surface area contributed by atoms with Crippen LogP contribution in [0.25, 0.3) is 0 Å².